The first-order valence-corrected chi connectivity index (χ1v) is 12.5. The molecule has 1 saturated heterocycles. The van der Waals surface area contributed by atoms with Gasteiger partial charge in [-0.3, -0.25) is 9.59 Å². The minimum Gasteiger partial charge on any atom is -0.496 e. The summed E-state index contributed by atoms with van der Waals surface area (Å²) >= 11 is 0. The molecule has 1 aliphatic carbocycles. The second-order valence-electron chi connectivity index (χ2n) is 9.84. The lowest BCUT2D eigenvalue weighted by atomic mass is 9.85. The van der Waals surface area contributed by atoms with Crippen molar-refractivity contribution in [1.29, 1.82) is 0 Å². The molecule has 2 atom stereocenters. The maximum Gasteiger partial charge on any atom is 0.246 e. The van der Waals surface area contributed by atoms with E-state index in [1.54, 1.807) is 7.11 Å². The number of fused-ring (bicyclic) bond motifs is 4. The van der Waals surface area contributed by atoms with E-state index in [0.717, 1.165) is 59.2 Å². The third-order valence-electron chi connectivity index (χ3n) is 7.99. The number of para-hydroxylation sites is 2. The molecule has 6 rings (SSSR count). The molecule has 0 spiro atoms. The maximum atomic E-state index is 14.0. The van der Waals surface area contributed by atoms with Gasteiger partial charge in [0.05, 0.1) is 7.11 Å². The molecule has 3 aromatic rings. The Morgan fingerprint density at radius 3 is 2.47 bits per heavy atom. The Morgan fingerprint density at radius 1 is 0.941 bits per heavy atom. The first-order chi connectivity index (χ1) is 16.7. The number of amides is 2. The van der Waals surface area contributed by atoms with Crippen molar-refractivity contribution in [3.8, 4) is 5.75 Å². The normalized spacial score (nSPS) is 23.6. The van der Waals surface area contributed by atoms with E-state index in [0.29, 0.717) is 6.42 Å². The molecule has 2 amide bonds. The Labute approximate surface area is 199 Å². The van der Waals surface area contributed by atoms with E-state index < -0.39 is 6.04 Å². The van der Waals surface area contributed by atoms with E-state index in [-0.39, 0.29) is 30.4 Å². The lowest BCUT2D eigenvalue weighted by Crippen LogP contribution is -2.64. The zero-order valence-electron chi connectivity index (χ0n) is 19.6. The molecule has 3 aliphatic rings. The fourth-order valence-corrected chi connectivity index (χ4v) is 6.38. The summed E-state index contributed by atoms with van der Waals surface area (Å²) in [7, 11) is 1.65. The number of ether oxygens (including phenoxy) is 1. The van der Waals surface area contributed by atoms with Gasteiger partial charge in [-0.15, -0.1) is 0 Å². The minimum atomic E-state index is -0.494. The van der Waals surface area contributed by atoms with Gasteiger partial charge in [0.25, 0.3) is 0 Å². The summed E-state index contributed by atoms with van der Waals surface area (Å²) in [6, 6.07) is 15.4. The van der Waals surface area contributed by atoms with Gasteiger partial charge in [0.1, 0.15) is 24.4 Å². The highest BCUT2D eigenvalue weighted by molar-refractivity contribution is 5.98. The predicted molar refractivity (Wildman–Crippen MR) is 131 cm³/mol. The fourth-order valence-electron chi connectivity index (χ4n) is 6.38. The standard InChI is InChI=1S/C28H31N3O3/c1-34-24-15-9-7-13-20(24)27-26-21(19-12-6-8-14-22(19)29-26)16-23-28(33)30(17-25(32)31(23)27)18-10-4-2-3-5-11-18/h6-9,12-15,18,23,27,29H,2-5,10-11,16-17H2,1H3. The first kappa shape index (κ1) is 21.3. The van der Waals surface area contributed by atoms with Crippen LogP contribution in [0.25, 0.3) is 10.9 Å². The Hall–Kier alpha value is -3.28. The molecule has 2 fully saturated rings. The third-order valence-corrected chi connectivity index (χ3v) is 7.99. The summed E-state index contributed by atoms with van der Waals surface area (Å²) in [4.78, 5) is 35.1. The highest BCUT2D eigenvalue weighted by Crippen LogP contribution is 2.45. The number of aromatic amines is 1. The van der Waals surface area contributed by atoms with E-state index in [1.807, 2.05) is 46.2 Å². The molecule has 34 heavy (non-hydrogen) atoms. The van der Waals surface area contributed by atoms with E-state index in [9.17, 15) is 9.59 Å². The SMILES string of the molecule is COc1ccccc1C1c2[nH]c3ccccc3c2CC2C(=O)N(C3CCCCCC3)CC(=O)N21. The summed E-state index contributed by atoms with van der Waals surface area (Å²) in [6.07, 6.45) is 7.24. The number of rotatable bonds is 3. The lowest BCUT2D eigenvalue weighted by molar-refractivity contribution is -0.161. The van der Waals surface area contributed by atoms with Crippen LogP contribution in [-0.4, -0.2) is 52.3 Å². The second-order valence-corrected chi connectivity index (χ2v) is 9.84. The molecule has 6 heteroatoms. The fraction of sp³-hybridized carbons (Fsp3) is 0.429. The molecule has 2 aliphatic heterocycles. The molecule has 176 valence electrons. The maximum absolute atomic E-state index is 14.0. The predicted octanol–water partition coefficient (Wildman–Crippen LogP) is 4.58. The number of methoxy groups -OCH3 is 1. The van der Waals surface area contributed by atoms with Crippen LogP contribution in [0.3, 0.4) is 0 Å². The summed E-state index contributed by atoms with van der Waals surface area (Å²) in [6.45, 7) is 0.168. The Kier molecular flexibility index (Phi) is 5.31. The highest BCUT2D eigenvalue weighted by atomic mass is 16.5. The zero-order valence-corrected chi connectivity index (χ0v) is 19.6. The summed E-state index contributed by atoms with van der Waals surface area (Å²) < 4.78 is 5.71. The van der Waals surface area contributed by atoms with Crippen LogP contribution in [0.5, 0.6) is 5.75 Å². The molecule has 3 heterocycles. The van der Waals surface area contributed by atoms with Gasteiger partial charge < -0.3 is 19.5 Å². The van der Waals surface area contributed by atoms with Crippen molar-refractivity contribution in [2.75, 3.05) is 13.7 Å². The van der Waals surface area contributed by atoms with Crippen molar-refractivity contribution >= 4 is 22.7 Å². The van der Waals surface area contributed by atoms with Gasteiger partial charge in [-0.25, -0.2) is 0 Å². The number of benzene rings is 2. The lowest BCUT2D eigenvalue weighted by Gasteiger charge is -2.48. The van der Waals surface area contributed by atoms with E-state index >= 15 is 0 Å². The third kappa shape index (κ3) is 3.30. The van der Waals surface area contributed by atoms with E-state index in [4.69, 9.17) is 4.74 Å². The summed E-state index contributed by atoms with van der Waals surface area (Å²) in [5.74, 6) is 0.848. The second kappa shape index (κ2) is 8.49. The van der Waals surface area contributed by atoms with E-state index in [1.165, 1.54) is 12.8 Å². The van der Waals surface area contributed by atoms with Crippen molar-refractivity contribution in [1.82, 2.24) is 14.8 Å². The van der Waals surface area contributed by atoms with Crippen LogP contribution in [0.1, 0.15) is 61.4 Å². The van der Waals surface area contributed by atoms with Crippen molar-refractivity contribution < 1.29 is 14.3 Å². The van der Waals surface area contributed by atoms with Crippen molar-refractivity contribution in [3.05, 3.63) is 65.4 Å². The number of piperazine rings is 1. The monoisotopic (exact) mass is 457 g/mol. The van der Waals surface area contributed by atoms with Crippen LogP contribution in [0.15, 0.2) is 48.5 Å². The van der Waals surface area contributed by atoms with Gasteiger partial charge in [-0.1, -0.05) is 62.1 Å². The van der Waals surface area contributed by atoms with E-state index in [2.05, 4.69) is 17.1 Å². The largest absolute Gasteiger partial charge is 0.496 e. The Bertz CT molecular complexity index is 1240. The van der Waals surface area contributed by atoms with Crippen LogP contribution < -0.4 is 4.74 Å². The number of nitrogens with one attached hydrogen (secondary N) is 1. The van der Waals surface area contributed by atoms with Gasteiger partial charge in [0.2, 0.25) is 11.8 Å². The number of carbonyl (C=O) groups is 2. The molecule has 2 aromatic carbocycles. The Balaban J connectivity index is 1.49. The molecule has 0 bridgehead atoms. The average molecular weight is 458 g/mol. The molecule has 1 N–H and O–H groups in total. The van der Waals surface area contributed by atoms with Gasteiger partial charge >= 0.3 is 0 Å². The molecule has 1 aromatic heterocycles. The topological polar surface area (TPSA) is 65.6 Å². The van der Waals surface area contributed by atoms with Gasteiger partial charge in [0.15, 0.2) is 0 Å². The number of hydrogen-bond acceptors (Lipinski definition) is 3. The molecular weight excluding hydrogens is 426 g/mol. The van der Waals surface area contributed by atoms with Gasteiger partial charge in [0, 0.05) is 34.6 Å². The molecule has 6 nitrogen and oxygen atoms in total. The molecular formula is C28H31N3O3. The number of hydrogen-bond donors (Lipinski definition) is 1. The molecule has 0 radical (unpaired) electrons. The minimum absolute atomic E-state index is 0.0223. The highest BCUT2D eigenvalue weighted by Gasteiger charge is 2.49. The molecule has 2 unspecified atom stereocenters. The van der Waals surface area contributed by atoms with Crippen LogP contribution in [0.2, 0.25) is 0 Å². The van der Waals surface area contributed by atoms with Gasteiger partial charge in [-0.05, 0) is 30.5 Å². The molecule has 1 saturated carbocycles. The van der Waals surface area contributed by atoms with Crippen LogP contribution >= 0.6 is 0 Å². The summed E-state index contributed by atoms with van der Waals surface area (Å²) in [5.41, 5.74) is 4.07. The van der Waals surface area contributed by atoms with Gasteiger partial charge in [-0.2, -0.15) is 0 Å². The van der Waals surface area contributed by atoms with Crippen LogP contribution in [0.4, 0.5) is 0 Å². The number of H-pyrrole nitrogens is 1. The first-order valence-electron chi connectivity index (χ1n) is 12.5. The average Bonchev–Trinajstić information content (AvgIpc) is 3.03. The Morgan fingerprint density at radius 2 is 1.68 bits per heavy atom. The number of aromatic nitrogens is 1. The smallest absolute Gasteiger partial charge is 0.246 e. The van der Waals surface area contributed by atoms with Crippen LogP contribution in [-0.2, 0) is 16.0 Å². The quantitative estimate of drug-likeness (QED) is 0.586. The summed E-state index contributed by atoms with van der Waals surface area (Å²) in [5, 5.41) is 1.13. The van der Waals surface area contributed by atoms with Crippen molar-refractivity contribution in [3.63, 3.8) is 0 Å². The zero-order chi connectivity index (χ0) is 23.2. The van der Waals surface area contributed by atoms with Crippen LogP contribution in [0, 0.1) is 0 Å². The van der Waals surface area contributed by atoms with Crippen molar-refractivity contribution in [2.45, 2.75) is 63.1 Å². The number of carbonyl (C=O) groups excluding carboxylic acids is 2. The number of nitrogens with zero attached hydrogens (tertiary/aromatic N) is 2. The van der Waals surface area contributed by atoms with Crippen molar-refractivity contribution in [2.24, 2.45) is 0 Å².